The molecule has 5 nitrogen and oxygen atoms in total. The zero-order valence-corrected chi connectivity index (χ0v) is 16.0. The Morgan fingerprint density at radius 3 is 3.16 bits per heavy atom. The molecule has 1 amide bonds. The minimum Gasteiger partial charge on any atom is -0.337 e. The van der Waals surface area contributed by atoms with Gasteiger partial charge in [0.15, 0.2) is 0 Å². The van der Waals surface area contributed by atoms with E-state index >= 15 is 0 Å². The summed E-state index contributed by atoms with van der Waals surface area (Å²) in [5, 5.41) is 10.1. The third-order valence-corrected chi connectivity index (χ3v) is 7.12. The molecule has 7 heteroatoms. The molecule has 0 bridgehead atoms. The van der Waals surface area contributed by atoms with E-state index in [-0.39, 0.29) is 5.91 Å². The largest absolute Gasteiger partial charge is 0.337 e. The highest BCUT2D eigenvalue weighted by atomic mass is 32.2. The normalized spacial score (nSPS) is 17.8. The molecule has 2 aromatic heterocycles. The van der Waals surface area contributed by atoms with Crippen LogP contribution in [-0.2, 0) is 24.2 Å². The van der Waals surface area contributed by atoms with Crippen molar-refractivity contribution in [2.24, 2.45) is 5.92 Å². The second-order valence-corrected chi connectivity index (χ2v) is 8.92. The Morgan fingerprint density at radius 1 is 1.40 bits per heavy atom. The van der Waals surface area contributed by atoms with Crippen LogP contribution in [-0.4, -0.2) is 38.3 Å². The molecular weight excluding hydrogens is 352 g/mol. The summed E-state index contributed by atoms with van der Waals surface area (Å²) in [6, 6.07) is 2.14. The number of carbonyl (C=O) groups excluding carboxylic acids is 1. The lowest BCUT2D eigenvalue weighted by Crippen LogP contribution is -2.36. The summed E-state index contributed by atoms with van der Waals surface area (Å²) in [5.41, 5.74) is 1.31. The molecule has 2 aliphatic rings. The van der Waals surface area contributed by atoms with Crippen LogP contribution in [0.5, 0.6) is 0 Å². The van der Waals surface area contributed by atoms with Crippen LogP contribution in [0.4, 0.5) is 0 Å². The van der Waals surface area contributed by atoms with Crippen molar-refractivity contribution in [1.82, 2.24) is 20.1 Å². The van der Waals surface area contributed by atoms with Crippen LogP contribution in [0.1, 0.15) is 48.4 Å². The molecule has 0 spiro atoms. The van der Waals surface area contributed by atoms with Gasteiger partial charge in [-0.1, -0.05) is 37.4 Å². The van der Waals surface area contributed by atoms with Gasteiger partial charge in [0.1, 0.15) is 5.82 Å². The van der Waals surface area contributed by atoms with Gasteiger partial charge in [0.25, 0.3) is 0 Å². The smallest absolute Gasteiger partial charge is 0.233 e. The quantitative estimate of drug-likeness (QED) is 0.782. The molecule has 0 atom stereocenters. The fraction of sp³-hybridized carbons (Fsp3) is 0.611. The number of H-pyrrole nitrogens is 1. The molecule has 1 fully saturated rings. The van der Waals surface area contributed by atoms with E-state index in [4.69, 9.17) is 0 Å². The van der Waals surface area contributed by atoms with Crippen molar-refractivity contribution >= 4 is 29.0 Å². The van der Waals surface area contributed by atoms with E-state index in [1.807, 2.05) is 4.90 Å². The second-order valence-electron chi connectivity index (χ2n) is 6.98. The van der Waals surface area contributed by atoms with E-state index in [1.54, 1.807) is 11.3 Å². The molecule has 2 aromatic rings. The van der Waals surface area contributed by atoms with Gasteiger partial charge < -0.3 is 4.90 Å². The number of thiophene rings is 1. The summed E-state index contributed by atoms with van der Waals surface area (Å²) < 4.78 is 0. The number of aromatic nitrogens is 3. The van der Waals surface area contributed by atoms with Crippen LogP contribution in [0, 0.1) is 5.92 Å². The first kappa shape index (κ1) is 17.1. The number of nitrogens with zero attached hydrogens (tertiary/aromatic N) is 3. The monoisotopic (exact) mass is 376 g/mol. The molecule has 4 rings (SSSR count). The van der Waals surface area contributed by atoms with Crippen LogP contribution in [0.3, 0.4) is 0 Å². The van der Waals surface area contributed by atoms with E-state index in [0.717, 1.165) is 37.7 Å². The first-order valence-corrected chi connectivity index (χ1v) is 11.0. The van der Waals surface area contributed by atoms with Crippen LogP contribution < -0.4 is 0 Å². The average molecular weight is 377 g/mol. The average Bonchev–Trinajstić information content (AvgIpc) is 3.38. The fourth-order valence-corrected chi connectivity index (χ4v) is 5.38. The van der Waals surface area contributed by atoms with Crippen LogP contribution in [0.15, 0.2) is 16.6 Å². The van der Waals surface area contributed by atoms with Gasteiger partial charge in [-0.2, -0.15) is 0 Å². The number of fused-ring (bicyclic) bond motifs is 1. The number of nitrogens with one attached hydrogen (secondary N) is 1. The fourth-order valence-electron chi connectivity index (χ4n) is 3.77. The molecule has 134 valence electrons. The lowest BCUT2D eigenvalue weighted by Gasteiger charge is -2.26. The Labute approximate surface area is 156 Å². The minimum atomic E-state index is 0.180. The number of aryl methyl sites for hydroxylation is 1. The summed E-state index contributed by atoms with van der Waals surface area (Å²) in [7, 11) is 0. The van der Waals surface area contributed by atoms with Crippen molar-refractivity contribution in [3.63, 3.8) is 0 Å². The van der Waals surface area contributed by atoms with Crippen molar-refractivity contribution < 1.29 is 4.79 Å². The van der Waals surface area contributed by atoms with E-state index in [9.17, 15) is 4.79 Å². The highest BCUT2D eigenvalue weighted by molar-refractivity contribution is 7.99. The van der Waals surface area contributed by atoms with Crippen LogP contribution in [0.2, 0.25) is 0 Å². The van der Waals surface area contributed by atoms with Crippen molar-refractivity contribution in [1.29, 1.82) is 0 Å². The number of hydrogen-bond donors (Lipinski definition) is 1. The molecule has 0 unspecified atom stereocenters. The number of hydrogen-bond acceptors (Lipinski definition) is 5. The van der Waals surface area contributed by atoms with Crippen molar-refractivity contribution in [2.75, 3.05) is 12.3 Å². The number of rotatable bonds is 6. The Bertz CT molecular complexity index is 720. The Hall–Kier alpha value is -1.34. The predicted molar refractivity (Wildman–Crippen MR) is 101 cm³/mol. The Balaban J connectivity index is 1.23. The van der Waals surface area contributed by atoms with Crippen molar-refractivity contribution in [3.8, 4) is 0 Å². The third kappa shape index (κ3) is 4.26. The second kappa shape index (κ2) is 7.91. The zero-order valence-electron chi connectivity index (χ0n) is 14.4. The Kier molecular flexibility index (Phi) is 5.41. The van der Waals surface area contributed by atoms with Gasteiger partial charge in [-0.3, -0.25) is 9.89 Å². The van der Waals surface area contributed by atoms with Crippen molar-refractivity contribution in [3.05, 3.63) is 27.7 Å². The molecule has 0 aromatic carbocycles. The summed E-state index contributed by atoms with van der Waals surface area (Å²) in [6.07, 6.45) is 8.66. The standard InChI is InChI=1S/C18H24N4OS2/c23-17(22-9-7-15-14(11-22)8-10-24-15)12-25-18-19-16(20-21-18)6-5-13-3-1-2-4-13/h8,10,13H,1-7,9,11-12H2,(H,19,20,21). The van der Waals surface area contributed by atoms with E-state index in [0.29, 0.717) is 10.9 Å². The molecule has 1 aliphatic heterocycles. The molecule has 1 N–H and O–H groups in total. The highest BCUT2D eigenvalue weighted by Crippen LogP contribution is 2.28. The van der Waals surface area contributed by atoms with Gasteiger partial charge in [-0.15, -0.1) is 16.4 Å². The van der Waals surface area contributed by atoms with Gasteiger partial charge in [0, 0.05) is 24.4 Å². The molecule has 0 saturated heterocycles. The summed E-state index contributed by atoms with van der Waals surface area (Å²) >= 11 is 3.24. The molecular formula is C18H24N4OS2. The third-order valence-electron chi connectivity index (χ3n) is 5.26. The maximum atomic E-state index is 12.5. The molecule has 0 radical (unpaired) electrons. The number of carbonyl (C=O) groups is 1. The number of amides is 1. The predicted octanol–water partition coefficient (Wildman–Crippen LogP) is 3.67. The first-order chi connectivity index (χ1) is 12.3. The van der Waals surface area contributed by atoms with Crippen molar-refractivity contribution in [2.45, 2.75) is 56.6 Å². The molecule has 25 heavy (non-hydrogen) atoms. The lowest BCUT2D eigenvalue weighted by molar-refractivity contribution is -0.129. The molecule has 1 saturated carbocycles. The molecule has 3 heterocycles. The van der Waals surface area contributed by atoms with Crippen LogP contribution in [0.25, 0.3) is 0 Å². The van der Waals surface area contributed by atoms with E-state index < -0.39 is 0 Å². The van der Waals surface area contributed by atoms with Gasteiger partial charge >= 0.3 is 0 Å². The van der Waals surface area contributed by atoms with E-state index in [2.05, 4.69) is 26.6 Å². The Morgan fingerprint density at radius 2 is 2.28 bits per heavy atom. The van der Waals surface area contributed by atoms with Gasteiger partial charge in [-0.25, -0.2) is 4.98 Å². The lowest BCUT2D eigenvalue weighted by atomic mass is 10.0. The van der Waals surface area contributed by atoms with E-state index in [1.165, 1.54) is 54.3 Å². The summed E-state index contributed by atoms with van der Waals surface area (Å²) in [5.74, 6) is 2.42. The maximum Gasteiger partial charge on any atom is 0.233 e. The topological polar surface area (TPSA) is 61.9 Å². The SMILES string of the molecule is O=C(CSc1n[nH]c(CCC2CCCC2)n1)N1CCc2sccc2C1. The number of thioether (sulfide) groups is 1. The highest BCUT2D eigenvalue weighted by Gasteiger charge is 2.22. The first-order valence-electron chi connectivity index (χ1n) is 9.15. The molecule has 1 aliphatic carbocycles. The zero-order chi connectivity index (χ0) is 17.1. The van der Waals surface area contributed by atoms with Crippen LogP contribution >= 0.6 is 23.1 Å². The number of aromatic amines is 1. The van der Waals surface area contributed by atoms with Gasteiger partial charge in [0.05, 0.1) is 5.75 Å². The minimum absolute atomic E-state index is 0.180. The van der Waals surface area contributed by atoms with Gasteiger partial charge in [-0.05, 0) is 35.8 Å². The van der Waals surface area contributed by atoms with Gasteiger partial charge in [0.2, 0.25) is 11.1 Å². The summed E-state index contributed by atoms with van der Waals surface area (Å²) in [6.45, 7) is 1.58. The summed E-state index contributed by atoms with van der Waals surface area (Å²) in [4.78, 5) is 20.4. The maximum absolute atomic E-state index is 12.5.